The Morgan fingerprint density at radius 1 is 1.53 bits per heavy atom. The van der Waals surface area contributed by atoms with Crippen LogP contribution in [0.4, 0.5) is 5.69 Å². The fourth-order valence-corrected chi connectivity index (χ4v) is 2.22. The van der Waals surface area contributed by atoms with Crippen LogP contribution in [0.25, 0.3) is 0 Å². The summed E-state index contributed by atoms with van der Waals surface area (Å²) in [7, 11) is 0. The van der Waals surface area contributed by atoms with Crippen molar-refractivity contribution in [1.82, 2.24) is 10.3 Å². The lowest BCUT2D eigenvalue weighted by Gasteiger charge is -2.31. The highest BCUT2D eigenvalue weighted by molar-refractivity contribution is 9.10. The number of nitrogens with one attached hydrogen (secondary N) is 1. The Morgan fingerprint density at radius 2 is 2.16 bits per heavy atom. The van der Waals surface area contributed by atoms with Crippen molar-refractivity contribution >= 4 is 21.6 Å². The number of likely N-dealkylation sites (N-methyl/N-ethyl adjacent to an activating group) is 1. The van der Waals surface area contributed by atoms with Crippen molar-refractivity contribution in [2.45, 2.75) is 40.2 Å². The molecule has 0 radical (unpaired) electrons. The Hall–Kier alpha value is -1.01. The molecule has 1 aromatic heterocycles. The van der Waals surface area contributed by atoms with Crippen molar-refractivity contribution in [3.63, 3.8) is 0 Å². The van der Waals surface area contributed by atoms with Crippen molar-refractivity contribution in [2.24, 2.45) is 5.41 Å². The molecule has 0 aromatic carbocycles. The molecule has 1 N–H and O–H groups in total. The standard InChI is InChI=1S/C13H20BrN3O2/c1-5-15-12(13(2,3)4)7-10-11(17(18)19)6-9(14)8-16-10/h6,8,12,15H,5,7H2,1-4H3. The van der Waals surface area contributed by atoms with Gasteiger partial charge in [-0.3, -0.25) is 15.1 Å². The first-order valence-electron chi connectivity index (χ1n) is 6.28. The Bertz CT molecular complexity index is 458. The maximum Gasteiger partial charge on any atom is 0.291 e. The molecular formula is C13H20BrN3O2. The highest BCUT2D eigenvalue weighted by Crippen LogP contribution is 2.27. The van der Waals surface area contributed by atoms with Crippen LogP contribution in [0.1, 0.15) is 33.4 Å². The van der Waals surface area contributed by atoms with Crippen molar-refractivity contribution in [1.29, 1.82) is 0 Å². The molecule has 0 amide bonds. The highest BCUT2D eigenvalue weighted by Gasteiger charge is 2.27. The molecule has 106 valence electrons. The molecule has 1 unspecified atom stereocenters. The second-order valence-corrected chi connectivity index (χ2v) is 6.47. The van der Waals surface area contributed by atoms with E-state index in [2.05, 4.69) is 47.0 Å². The molecule has 0 aliphatic carbocycles. The summed E-state index contributed by atoms with van der Waals surface area (Å²) in [4.78, 5) is 14.9. The van der Waals surface area contributed by atoms with E-state index in [1.54, 1.807) is 6.20 Å². The summed E-state index contributed by atoms with van der Waals surface area (Å²) in [6.07, 6.45) is 2.15. The van der Waals surface area contributed by atoms with Gasteiger partial charge in [-0.15, -0.1) is 0 Å². The predicted molar refractivity (Wildman–Crippen MR) is 79.2 cm³/mol. The SMILES string of the molecule is CCNC(Cc1ncc(Br)cc1[N+](=O)[O-])C(C)(C)C. The smallest absolute Gasteiger partial charge is 0.291 e. The van der Waals surface area contributed by atoms with E-state index in [1.807, 2.05) is 6.92 Å². The van der Waals surface area contributed by atoms with Crippen LogP contribution in [0.2, 0.25) is 0 Å². The molecule has 0 saturated heterocycles. The third-order valence-corrected chi connectivity index (χ3v) is 3.44. The van der Waals surface area contributed by atoms with E-state index in [0.717, 1.165) is 6.54 Å². The molecule has 1 aromatic rings. The summed E-state index contributed by atoms with van der Waals surface area (Å²) < 4.78 is 0.624. The van der Waals surface area contributed by atoms with E-state index in [0.29, 0.717) is 16.6 Å². The Morgan fingerprint density at radius 3 is 2.63 bits per heavy atom. The van der Waals surface area contributed by atoms with Crippen LogP contribution >= 0.6 is 15.9 Å². The van der Waals surface area contributed by atoms with Gasteiger partial charge in [0.2, 0.25) is 0 Å². The van der Waals surface area contributed by atoms with Crippen LogP contribution in [0.15, 0.2) is 16.7 Å². The van der Waals surface area contributed by atoms with Crippen molar-refractivity contribution in [3.05, 3.63) is 32.5 Å². The van der Waals surface area contributed by atoms with Gasteiger partial charge in [0.25, 0.3) is 5.69 Å². The van der Waals surface area contributed by atoms with Crippen LogP contribution in [0.3, 0.4) is 0 Å². The Balaban J connectivity index is 3.06. The molecule has 1 heterocycles. The second-order valence-electron chi connectivity index (χ2n) is 5.56. The third-order valence-electron chi connectivity index (χ3n) is 3.00. The molecule has 0 spiro atoms. The maximum absolute atomic E-state index is 11.1. The Kier molecular flexibility index (Phi) is 5.43. The summed E-state index contributed by atoms with van der Waals surface area (Å²) in [6.45, 7) is 9.20. The Labute approximate surface area is 122 Å². The van der Waals surface area contributed by atoms with Crippen molar-refractivity contribution < 1.29 is 4.92 Å². The molecule has 5 nitrogen and oxygen atoms in total. The molecule has 1 rings (SSSR count). The van der Waals surface area contributed by atoms with E-state index in [-0.39, 0.29) is 22.1 Å². The summed E-state index contributed by atoms with van der Waals surface area (Å²) in [6, 6.07) is 1.65. The van der Waals surface area contributed by atoms with Gasteiger partial charge >= 0.3 is 0 Å². The lowest BCUT2D eigenvalue weighted by atomic mass is 9.83. The molecule has 1 atom stereocenters. The number of halogens is 1. The van der Waals surface area contributed by atoms with Gasteiger partial charge in [0.15, 0.2) is 0 Å². The van der Waals surface area contributed by atoms with E-state index in [9.17, 15) is 10.1 Å². The summed E-state index contributed by atoms with van der Waals surface area (Å²) in [5.41, 5.74) is 0.606. The summed E-state index contributed by atoms with van der Waals surface area (Å²) >= 11 is 3.22. The lowest BCUT2D eigenvalue weighted by molar-refractivity contribution is -0.386. The zero-order chi connectivity index (χ0) is 14.6. The van der Waals surface area contributed by atoms with Gasteiger partial charge < -0.3 is 5.32 Å². The number of nitro groups is 1. The van der Waals surface area contributed by atoms with Crippen LogP contribution in [0.5, 0.6) is 0 Å². The molecule has 0 saturated carbocycles. The monoisotopic (exact) mass is 329 g/mol. The van der Waals surface area contributed by atoms with Gasteiger partial charge in [-0.2, -0.15) is 0 Å². The molecule has 0 aliphatic heterocycles. The third kappa shape index (κ3) is 4.54. The van der Waals surface area contributed by atoms with Crippen LogP contribution in [-0.4, -0.2) is 22.5 Å². The average molecular weight is 330 g/mol. The van der Waals surface area contributed by atoms with Crippen LogP contribution in [-0.2, 0) is 6.42 Å². The van der Waals surface area contributed by atoms with Gasteiger partial charge in [-0.1, -0.05) is 27.7 Å². The fraction of sp³-hybridized carbons (Fsp3) is 0.615. The molecule has 6 heteroatoms. The normalized spacial score (nSPS) is 13.3. The topological polar surface area (TPSA) is 68.1 Å². The van der Waals surface area contributed by atoms with Gasteiger partial charge in [0.1, 0.15) is 5.69 Å². The zero-order valence-corrected chi connectivity index (χ0v) is 13.3. The number of hydrogen-bond acceptors (Lipinski definition) is 4. The van der Waals surface area contributed by atoms with Crippen LogP contribution < -0.4 is 5.32 Å². The van der Waals surface area contributed by atoms with E-state index in [4.69, 9.17) is 0 Å². The highest BCUT2D eigenvalue weighted by atomic mass is 79.9. The second kappa shape index (κ2) is 6.43. The van der Waals surface area contributed by atoms with Crippen LogP contribution in [0, 0.1) is 15.5 Å². The van der Waals surface area contributed by atoms with E-state index in [1.165, 1.54) is 6.07 Å². The van der Waals surface area contributed by atoms with Gasteiger partial charge in [0.05, 0.1) is 4.92 Å². The number of nitrogens with zero attached hydrogens (tertiary/aromatic N) is 2. The minimum Gasteiger partial charge on any atom is -0.313 e. The maximum atomic E-state index is 11.1. The fourth-order valence-electron chi connectivity index (χ4n) is 1.90. The molecular weight excluding hydrogens is 310 g/mol. The quantitative estimate of drug-likeness (QED) is 0.664. The molecule has 0 bridgehead atoms. The molecule has 0 fully saturated rings. The largest absolute Gasteiger partial charge is 0.313 e. The molecule has 19 heavy (non-hydrogen) atoms. The lowest BCUT2D eigenvalue weighted by Crippen LogP contribution is -2.42. The van der Waals surface area contributed by atoms with Crippen molar-refractivity contribution in [2.75, 3.05) is 6.54 Å². The summed E-state index contributed by atoms with van der Waals surface area (Å²) in [5, 5.41) is 14.5. The number of rotatable bonds is 5. The van der Waals surface area contributed by atoms with Gasteiger partial charge in [-0.25, -0.2) is 0 Å². The molecule has 0 aliphatic rings. The predicted octanol–water partition coefficient (Wildman–Crippen LogP) is 3.32. The van der Waals surface area contributed by atoms with Gasteiger partial charge in [0, 0.05) is 29.2 Å². The number of aromatic nitrogens is 1. The minimum absolute atomic E-state index is 0.0125. The average Bonchev–Trinajstić information content (AvgIpc) is 2.29. The first-order chi connectivity index (χ1) is 8.75. The minimum atomic E-state index is -0.376. The van der Waals surface area contributed by atoms with Crippen molar-refractivity contribution in [3.8, 4) is 0 Å². The number of hydrogen-bond donors (Lipinski definition) is 1. The van der Waals surface area contributed by atoms with Gasteiger partial charge in [-0.05, 0) is 27.9 Å². The first kappa shape index (κ1) is 16.0. The zero-order valence-electron chi connectivity index (χ0n) is 11.7. The van der Waals surface area contributed by atoms with E-state index < -0.39 is 0 Å². The first-order valence-corrected chi connectivity index (χ1v) is 7.07. The number of pyridine rings is 1. The summed E-state index contributed by atoms with van der Waals surface area (Å²) in [5.74, 6) is 0. The van der Waals surface area contributed by atoms with E-state index >= 15 is 0 Å².